The maximum absolute atomic E-state index is 12.5. The maximum Gasteiger partial charge on any atom is 0.259 e. The Morgan fingerprint density at radius 2 is 1.95 bits per heavy atom. The summed E-state index contributed by atoms with van der Waals surface area (Å²) in [5.74, 6) is -0.0561. The molecule has 1 N–H and O–H groups in total. The molecule has 6 nitrogen and oxygen atoms in total. The molecule has 1 aromatic carbocycles. The van der Waals surface area contributed by atoms with Crippen LogP contribution in [-0.4, -0.2) is 32.5 Å². The van der Waals surface area contributed by atoms with Crippen LogP contribution in [0.15, 0.2) is 43.1 Å². The van der Waals surface area contributed by atoms with Crippen LogP contribution in [0.25, 0.3) is 5.70 Å². The molecule has 6 heteroatoms. The third kappa shape index (κ3) is 2.18. The molecule has 1 atom stereocenters. The van der Waals surface area contributed by atoms with Crippen molar-refractivity contribution in [2.45, 2.75) is 13.0 Å². The fourth-order valence-corrected chi connectivity index (χ4v) is 2.54. The van der Waals surface area contributed by atoms with Gasteiger partial charge in [-0.3, -0.25) is 19.2 Å². The predicted octanol–water partition coefficient (Wildman–Crippen LogP) is 1.87. The van der Waals surface area contributed by atoms with Gasteiger partial charge in [0.05, 0.1) is 0 Å². The van der Waals surface area contributed by atoms with E-state index in [0.717, 1.165) is 5.56 Å². The first-order valence-electron chi connectivity index (χ1n) is 6.91. The highest BCUT2D eigenvalue weighted by molar-refractivity contribution is 6.11. The molecule has 0 saturated carbocycles. The van der Waals surface area contributed by atoms with E-state index < -0.39 is 6.04 Å². The van der Waals surface area contributed by atoms with Crippen LogP contribution < -0.4 is 5.32 Å². The van der Waals surface area contributed by atoms with E-state index >= 15 is 0 Å². The topological polar surface area (TPSA) is 67.2 Å². The zero-order valence-electron chi connectivity index (χ0n) is 12.4. The average molecular weight is 296 g/mol. The summed E-state index contributed by atoms with van der Waals surface area (Å²) in [6, 6.07) is 8.24. The molecule has 1 aromatic heterocycles. The van der Waals surface area contributed by atoms with Crippen molar-refractivity contribution in [1.82, 2.24) is 14.7 Å². The van der Waals surface area contributed by atoms with Gasteiger partial charge in [0.2, 0.25) is 5.91 Å². The highest BCUT2D eigenvalue weighted by Gasteiger charge is 2.36. The number of carbonyl (C=O) groups is 2. The number of nitrogens with zero attached hydrogens (tertiary/aromatic N) is 3. The number of aromatic nitrogens is 2. The van der Waals surface area contributed by atoms with Gasteiger partial charge in [0.15, 0.2) is 5.82 Å². The summed E-state index contributed by atoms with van der Waals surface area (Å²) in [7, 11) is 1.77. The molecule has 112 valence electrons. The number of hydrogen-bond donors (Lipinski definition) is 1. The largest absolute Gasteiger partial charge is 0.307 e. The lowest BCUT2D eigenvalue weighted by atomic mass is 10.1. The first-order chi connectivity index (χ1) is 10.5. The van der Waals surface area contributed by atoms with Gasteiger partial charge in [-0.25, -0.2) is 0 Å². The van der Waals surface area contributed by atoms with Gasteiger partial charge in [-0.05, 0) is 13.0 Å². The Labute approximate surface area is 128 Å². The summed E-state index contributed by atoms with van der Waals surface area (Å²) in [5.41, 5.74) is 1.89. The van der Waals surface area contributed by atoms with Crippen LogP contribution in [0.2, 0.25) is 0 Å². The zero-order valence-corrected chi connectivity index (χ0v) is 12.4. The zero-order chi connectivity index (χ0) is 15.9. The monoisotopic (exact) mass is 296 g/mol. The Morgan fingerprint density at radius 3 is 2.55 bits per heavy atom. The van der Waals surface area contributed by atoms with E-state index in [-0.39, 0.29) is 11.8 Å². The maximum atomic E-state index is 12.5. The third-order valence-electron chi connectivity index (χ3n) is 3.71. The number of carbonyl (C=O) groups excluding carboxylic acids is 2. The Hall–Kier alpha value is -2.89. The van der Waals surface area contributed by atoms with Crippen molar-refractivity contribution in [3.8, 4) is 0 Å². The highest BCUT2D eigenvalue weighted by Crippen LogP contribution is 2.33. The molecule has 1 unspecified atom stereocenters. The Bertz CT molecular complexity index is 743. The summed E-state index contributed by atoms with van der Waals surface area (Å²) in [5, 5.41) is 6.80. The van der Waals surface area contributed by atoms with Gasteiger partial charge < -0.3 is 5.32 Å². The number of benzene rings is 1. The van der Waals surface area contributed by atoms with Crippen LogP contribution in [0.4, 0.5) is 5.82 Å². The minimum absolute atomic E-state index is 0.204. The molecule has 22 heavy (non-hydrogen) atoms. The van der Waals surface area contributed by atoms with Crippen LogP contribution >= 0.6 is 0 Å². The minimum Gasteiger partial charge on any atom is -0.307 e. The number of rotatable bonds is 3. The second kappa shape index (κ2) is 5.14. The summed E-state index contributed by atoms with van der Waals surface area (Å²) in [6.45, 7) is 5.62. The number of hydrogen-bond acceptors (Lipinski definition) is 3. The first-order valence-corrected chi connectivity index (χ1v) is 6.91. The van der Waals surface area contributed by atoms with Crippen molar-refractivity contribution in [2.75, 3.05) is 5.32 Å². The second-order valence-corrected chi connectivity index (χ2v) is 5.21. The molecule has 2 amide bonds. The molecule has 2 aromatic rings. The molecule has 0 bridgehead atoms. The summed E-state index contributed by atoms with van der Waals surface area (Å²) in [4.78, 5) is 26.3. The molecular weight excluding hydrogens is 280 g/mol. The number of amides is 2. The molecule has 0 radical (unpaired) electrons. The van der Waals surface area contributed by atoms with Crippen LogP contribution in [0.5, 0.6) is 0 Å². The van der Waals surface area contributed by atoms with Gasteiger partial charge in [-0.1, -0.05) is 24.8 Å². The molecule has 0 aliphatic carbocycles. The van der Waals surface area contributed by atoms with Gasteiger partial charge >= 0.3 is 0 Å². The van der Waals surface area contributed by atoms with Crippen LogP contribution in [-0.2, 0) is 11.8 Å². The molecule has 0 fully saturated rings. The molecule has 1 aliphatic heterocycles. The Morgan fingerprint density at radius 1 is 1.27 bits per heavy atom. The fourth-order valence-electron chi connectivity index (χ4n) is 2.54. The number of nitrogens with one attached hydrogen (secondary N) is 1. The lowest BCUT2D eigenvalue weighted by molar-refractivity contribution is -0.119. The Balaban J connectivity index is 1.81. The van der Waals surface area contributed by atoms with Crippen LogP contribution in [0.3, 0.4) is 0 Å². The Kier molecular flexibility index (Phi) is 3.29. The van der Waals surface area contributed by atoms with Gasteiger partial charge in [-0.15, -0.1) is 0 Å². The van der Waals surface area contributed by atoms with E-state index in [2.05, 4.69) is 17.0 Å². The van der Waals surface area contributed by atoms with E-state index in [1.807, 2.05) is 12.1 Å². The number of fused-ring (bicyclic) bond motifs is 1. The lowest BCUT2D eigenvalue weighted by Crippen LogP contribution is -2.41. The van der Waals surface area contributed by atoms with Crippen LogP contribution in [0.1, 0.15) is 22.8 Å². The molecule has 2 heterocycles. The standard InChI is InChI=1S/C16H16N4O2/c1-10-12-6-4-5-7-13(12)16(22)20(10)11(2)15(21)17-14-8-9-19(3)18-14/h4-9,11H,1H2,2-3H3,(H,17,18,21). The second-order valence-electron chi connectivity index (χ2n) is 5.21. The van der Waals surface area contributed by atoms with Gasteiger partial charge in [0, 0.05) is 36.1 Å². The molecule has 1 aliphatic rings. The number of anilines is 1. The summed E-state index contributed by atoms with van der Waals surface area (Å²) in [6.07, 6.45) is 1.73. The SMILES string of the molecule is C=C1c2ccccc2C(=O)N1C(C)C(=O)Nc1ccn(C)n1. The summed E-state index contributed by atoms with van der Waals surface area (Å²) < 4.78 is 1.59. The van der Waals surface area contributed by atoms with Crippen molar-refractivity contribution in [2.24, 2.45) is 7.05 Å². The van der Waals surface area contributed by atoms with Gasteiger partial charge in [-0.2, -0.15) is 5.10 Å². The van der Waals surface area contributed by atoms with Crippen molar-refractivity contribution < 1.29 is 9.59 Å². The lowest BCUT2D eigenvalue weighted by Gasteiger charge is -2.24. The van der Waals surface area contributed by atoms with E-state index in [0.29, 0.717) is 17.1 Å². The van der Waals surface area contributed by atoms with Crippen molar-refractivity contribution >= 4 is 23.3 Å². The fraction of sp³-hybridized carbons (Fsp3) is 0.188. The molecule has 0 saturated heterocycles. The van der Waals surface area contributed by atoms with E-state index in [4.69, 9.17) is 0 Å². The molecule has 0 spiro atoms. The van der Waals surface area contributed by atoms with E-state index in [1.54, 1.807) is 43.0 Å². The average Bonchev–Trinajstić information content (AvgIpc) is 3.01. The van der Waals surface area contributed by atoms with Crippen LogP contribution in [0, 0.1) is 0 Å². The smallest absolute Gasteiger partial charge is 0.259 e. The minimum atomic E-state index is -0.672. The van der Waals surface area contributed by atoms with Crippen molar-refractivity contribution in [3.05, 3.63) is 54.2 Å². The van der Waals surface area contributed by atoms with Gasteiger partial charge in [0.1, 0.15) is 6.04 Å². The number of aryl methyl sites for hydroxylation is 1. The quantitative estimate of drug-likeness (QED) is 0.940. The van der Waals surface area contributed by atoms with E-state index in [9.17, 15) is 9.59 Å². The normalized spacial score (nSPS) is 14.9. The third-order valence-corrected chi connectivity index (χ3v) is 3.71. The predicted molar refractivity (Wildman–Crippen MR) is 82.9 cm³/mol. The highest BCUT2D eigenvalue weighted by atomic mass is 16.2. The van der Waals surface area contributed by atoms with Crippen molar-refractivity contribution in [1.29, 1.82) is 0 Å². The van der Waals surface area contributed by atoms with Crippen molar-refractivity contribution in [3.63, 3.8) is 0 Å². The molecule has 3 rings (SSSR count). The molecular formula is C16H16N4O2. The summed E-state index contributed by atoms with van der Waals surface area (Å²) >= 11 is 0. The van der Waals surface area contributed by atoms with Gasteiger partial charge in [0.25, 0.3) is 5.91 Å². The van der Waals surface area contributed by atoms with E-state index in [1.165, 1.54) is 4.90 Å². The first kappa shape index (κ1) is 14.1.